The Morgan fingerprint density at radius 2 is 1.90 bits per heavy atom. The van der Waals surface area contributed by atoms with Gasteiger partial charge in [-0.3, -0.25) is 0 Å². The minimum atomic E-state index is -3.36. The molecule has 21 heavy (non-hydrogen) atoms. The Balaban J connectivity index is 1.78. The fourth-order valence-corrected chi connectivity index (χ4v) is 4.34. The molecule has 2 saturated carbocycles. The minimum Gasteiger partial charge on any atom is -0.314 e. The first-order valence-electron chi connectivity index (χ1n) is 8.28. The molecule has 1 unspecified atom stereocenters. The van der Waals surface area contributed by atoms with Gasteiger partial charge in [0, 0.05) is 25.7 Å². The zero-order valence-electron chi connectivity index (χ0n) is 13.7. The van der Waals surface area contributed by atoms with Gasteiger partial charge in [-0.1, -0.05) is 26.7 Å². The second kappa shape index (κ2) is 6.94. The molecule has 0 aliphatic heterocycles. The zero-order chi connectivity index (χ0) is 15.5. The zero-order valence-corrected chi connectivity index (χ0v) is 14.5. The molecular formula is C15H31N3O2S. The summed E-state index contributed by atoms with van der Waals surface area (Å²) in [5.41, 5.74) is 0.0552. The normalized spacial score (nSPS) is 26.2. The molecule has 5 nitrogen and oxygen atoms in total. The summed E-state index contributed by atoms with van der Waals surface area (Å²) in [6.07, 6.45) is 7.76. The van der Waals surface area contributed by atoms with Gasteiger partial charge in [-0.2, -0.15) is 17.4 Å². The topological polar surface area (TPSA) is 61.4 Å². The summed E-state index contributed by atoms with van der Waals surface area (Å²) in [5, 5.41) is 3.42. The molecule has 0 bridgehead atoms. The van der Waals surface area contributed by atoms with Crippen LogP contribution in [0.15, 0.2) is 0 Å². The maximum atomic E-state index is 12.4. The largest absolute Gasteiger partial charge is 0.314 e. The quantitative estimate of drug-likeness (QED) is 0.672. The summed E-state index contributed by atoms with van der Waals surface area (Å²) in [7, 11) is -1.68. The van der Waals surface area contributed by atoms with Crippen molar-refractivity contribution in [1.82, 2.24) is 14.3 Å². The Kier molecular flexibility index (Phi) is 5.68. The van der Waals surface area contributed by atoms with E-state index in [1.807, 2.05) is 0 Å². The Labute approximate surface area is 130 Å². The van der Waals surface area contributed by atoms with Crippen molar-refractivity contribution in [2.24, 2.45) is 5.41 Å². The molecule has 0 radical (unpaired) electrons. The molecule has 0 aromatic heterocycles. The first-order valence-corrected chi connectivity index (χ1v) is 9.72. The van der Waals surface area contributed by atoms with Gasteiger partial charge >= 0.3 is 0 Å². The van der Waals surface area contributed by atoms with E-state index in [4.69, 9.17) is 0 Å². The number of hydrogen-bond acceptors (Lipinski definition) is 3. The van der Waals surface area contributed by atoms with E-state index >= 15 is 0 Å². The van der Waals surface area contributed by atoms with Gasteiger partial charge < -0.3 is 5.32 Å². The Hall–Kier alpha value is -0.170. The maximum absolute atomic E-state index is 12.4. The molecule has 0 saturated heterocycles. The Bertz CT molecular complexity index is 432. The van der Waals surface area contributed by atoms with E-state index < -0.39 is 10.2 Å². The molecule has 2 fully saturated rings. The molecule has 2 aliphatic carbocycles. The van der Waals surface area contributed by atoms with Crippen LogP contribution in [0.3, 0.4) is 0 Å². The molecule has 0 spiro atoms. The molecule has 0 amide bonds. The lowest BCUT2D eigenvalue weighted by Crippen LogP contribution is -2.51. The monoisotopic (exact) mass is 317 g/mol. The predicted molar refractivity (Wildman–Crippen MR) is 86.4 cm³/mol. The van der Waals surface area contributed by atoms with Crippen molar-refractivity contribution >= 4 is 10.2 Å². The molecule has 0 heterocycles. The van der Waals surface area contributed by atoms with Gasteiger partial charge in [-0.25, -0.2) is 0 Å². The molecule has 2 N–H and O–H groups in total. The fraction of sp³-hybridized carbons (Fsp3) is 1.00. The average molecular weight is 317 g/mol. The molecule has 2 aliphatic rings. The second-order valence-electron chi connectivity index (χ2n) is 7.31. The van der Waals surface area contributed by atoms with Gasteiger partial charge in [0.15, 0.2) is 0 Å². The van der Waals surface area contributed by atoms with Crippen molar-refractivity contribution in [3.63, 3.8) is 0 Å². The Morgan fingerprint density at radius 1 is 1.19 bits per heavy atom. The molecular weight excluding hydrogens is 286 g/mol. The second-order valence-corrected chi connectivity index (χ2v) is 9.12. The van der Waals surface area contributed by atoms with Crippen LogP contribution in [0.4, 0.5) is 0 Å². The van der Waals surface area contributed by atoms with E-state index in [0.717, 1.165) is 32.2 Å². The van der Waals surface area contributed by atoms with E-state index in [0.29, 0.717) is 12.6 Å². The molecule has 1 atom stereocenters. The molecule has 2 rings (SSSR count). The van der Waals surface area contributed by atoms with Gasteiger partial charge in [-0.05, 0) is 44.1 Å². The predicted octanol–water partition coefficient (Wildman–Crippen LogP) is 1.86. The van der Waals surface area contributed by atoms with Crippen molar-refractivity contribution in [2.75, 3.05) is 20.1 Å². The third-order valence-corrected chi connectivity index (χ3v) is 6.45. The van der Waals surface area contributed by atoms with Gasteiger partial charge in [-0.15, -0.1) is 0 Å². The van der Waals surface area contributed by atoms with Gasteiger partial charge in [0.2, 0.25) is 0 Å². The van der Waals surface area contributed by atoms with Crippen LogP contribution in [0.25, 0.3) is 0 Å². The summed E-state index contributed by atoms with van der Waals surface area (Å²) < 4.78 is 29.2. The lowest BCUT2D eigenvalue weighted by molar-refractivity contribution is 0.186. The van der Waals surface area contributed by atoms with Gasteiger partial charge in [0.05, 0.1) is 0 Å². The van der Waals surface area contributed by atoms with Crippen LogP contribution in [0, 0.1) is 5.41 Å². The van der Waals surface area contributed by atoms with Crippen LogP contribution >= 0.6 is 0 Å². The van der Waals surface area contributed by atoms with E-state index in [1.165, 1.54) is 23.6 Å². The molecule has 0 aromatic carbocycles. The summed E-state index contributed by atoms with van der Waals surface area (Å²) in [5.74, 6) is 0. The van der Waals surface area contributed by atoms with Crippen LogP contribution in [0.2, 0.25) is 0 Å². The van der Waals surface area contributed by atoms with Gasteiger partial charge in [0.25, 0.3) is 10.2 Å². The minimum absolute atomic E-state index is 0.0552. The SMILES string of the molecule is CN(CCCNC1CC1)S(=O)(=O)NC1CCCCC1(C)C. The van der Waals surface area contributed by atoms with Gasteiger partial charge in [0.1, 0.15) is 0 Å². The van der Waals surface area contributed by atoms with Crippen LogP contribution in [0.5, 0.6) is 0 Å². The molecule has 124 valence electrons. The van der Waals surface area contributed by atoms with E-state index in [2.05, 4.69) is 23.9 Å². The fourth-order valence-electron chi connectivity index (χ4n) is 3.00. The first-order chi connectivity index (χ1) is 9.81. The van der Waals surface area contributed by atoms with Crippen LogP contribution in [0.1, 0.15) is 58.8 Å². The number of rotatable bonds is 8. The highest BCUT2D eigenvalue weighted by Gasteiger charge is 2.35. The standard InChI is InChI=1S/C15H31N3O2S/c1-15(2)10-5-4-7-14(15)17-21(19,20)18(3)12-6-11-16-13-8-9-13/h13-14,16-17H,4-12H2,1-3H3. The van der Waals surface area contributed by atoms with Crippen molar-refractivity contribution in [3.8, 4) is 0 Å². The summed E-state index contributed by atoms with van der Waals surface area (Å²) in [6, 6.07) is 0.747. The summed E-state index contributed by atoms with van der Waals surface area (Å²) in [6.45, 7) is 5.81. The number of nitrogens with zero attached hydrogens (tertiary/aromatic N) is 1. The third kappa shape index (κ3) is 5.20. The lowest BCUT2D eigenvalue weighted by Gasteiger charge is -2.39. The average Bonchev–Trinajstić information content (AvgIpc) is 3.21. The number of hydrogen-bond donors (Lipinski definition) is 2. The summed E-state index contributed by atoms with van der Waals surface area (Å²) in [4.78, 5) is 0. The highest BCUT2D eigenvalue weighted by atomic mass is 32.2. The van der Waals surface area contributed by atoms with Crippen molar-refractivity contribution in [1.29, 1.82) is 0 Å². The van der Waals surface area contributed by atoms with Crippen LogP contribution in [-0.4, -0.2) is 44.9 Å². The van der Waals surface area contributed by atoms with Crippen LogP contribution < -0.4 is 10.0 Å². The molecule has 0 aromatic rings. The maximum Gasteiger partial charge on any atom is 0.279 e. The number of nitrogens with one attached hydrogen (secondary N) is 2. The van der Waals surface area contributed by atoms with Crippen LogP contribution in [-0.2, 0) is 10.2 Å². The third-order valence-electron chi connectivity index (χ3n) is 4.87. The van der Waals surface area contributed by atoms with Crippen molar-refractivity contribution < 1.29 is 8.42 Å². The summed E-state index contributed by atoms with van der Waals surface area (Å²) >= 11 is 0. The lowest BCUT2D eigenvalue weighted by atomic mass is 9.74. The smallest absolute Gasteiger partial charge is 0.279 e. The highest BCUT2D eigenvalue weighted by molar-refractivity contribution is 7.87. The van der Waals surface area contributed by atoms with Crippen molar-refractivity contribution in [2.45, 2.75) is 70.9 Å². The highest BCUT2D eigenvalue weighted by Crippen LogP contribution is 2.35. The van der Waals surface area contributed by atoms with E-state index in [1.54, 1.807) is 7.05 Å². The Morgan fingerprint density at radius 3 is 2.52 bits per heavy atom. The molecule has 6 heteroatoms. The first kappa shape index (κ1) is 17.2. The van der Waals surface area contributed by atoms with E-state index in [9.17, 15) is 8.42 Å². The van der Waals surface area contributed by atoms with Crippen molar-refractivity contribution in [3.05, 3.63) is 0 Å². The van der Waals surface area contributed by atoms with E-state index in [-0.39, 0.29) is 11.5 Å².